The molecule has 0 aliphatic heterocycles. The second kappa shape index (κ2) is 7.07. The topological polar surface area (TPSA) is 105 Å². The van der Waals surface area contributed by atoms with Crippen molar-refractivity contribution in [3.8, 4) is 0 Å². The molecule has 0 saturated carbocycles. The fourth-order valence-electron chi connectivity index (χ4n) is 1.60. The van der Waals surface area contributed by atoms with Crippen molar-refractivity contribution in [3.63, 3.8) is 0 Å². The molecule has 21 heavy (non-hydrogen) atoms. The second-order valence-corrected chi connectivity index (χ2v) is 6.39. The van der Waals surface area contributed by atoms with Crippen LogP contribution in [0, 0.1) is 0 Å². The third-order valence-corrected chi connectivity index (χ3v) is 3.86. The summed E-state index contributed by atoms with van der Waals surface area (Å²) in [5, 5.41) is 8.14. The van der Waals surface area contributed by atoms with Crippen LogP contribution in [0.5, 0.6) is 0 Å². The first-order chi connectivity index (χ1) is 9.77. The van der Waals surface area contributed by atoms with Crippen LogP contribution in [0.15, 0.2) is 34.3 Å². The van der Waals surface area contributed by atoms with Gasteiger partial charge in [-0.2, -0.15) is 0 Å². The largest absolute Gasteiger partial charge is 0.368 e. The van der Waals surface area contributed by atoms with Crippen LogP contribution >= 0.6 is 0 Å². The number of benzene rings is 1. The number of nitrogens with two attached hydrogens (primary N) is 1. The van der Waals surface area contributed by atoms with E-state index in [1.54, 1.807) is 5.01 Å². The van der Waals surface area contributed by atoms with Crippen molar-refractivity contribution in [2.45, 2.75) is 18.7 Å². The standard InChI is InChI=1S/C13H20N4O3S/c1-4-17(5-2)16-13(14)15-12(18)10-7-6-8-11(9-10)21(3,19)20/h6-9H,4-5H2,1-3H3,(H3,14,15,16,18). The van der Waals surface area contributed by atoms with Crippen LogP contribution < -0.4 is 11.1 Å². The summed E-state index contributed by atoms with van der Waals surface area (Å²) in [6, 6.07) is 5.74. The zero-order valence-corrected chi connectivity index (χ0v) is 13.1. The smallest absolute Gasteiger partial charge is 0.258 e. The van der Waals surface area contributed by atoms with E-state index < -0.39 is 15.7 Å². The first-order valence-corrected chi connectivity index (χ1v) is 8.37. The number of nitrogens with one attached hydrogen (secondary N) is 1. The predicted molar refractivity (Wildman–Crippen MR) is 81.6 cm³/mol. The third kappa shape index (κ3) is 5.07. The van der Waals surface area contributed by atoms with Crippen LogP contribution in [0.3, 0.4) is 0 Å². The zero-order chi connectivity index (χ0) is 16.0. The molecular weight excluding hydrogens is 292 g/mol. The number of sulfone groups is 1. The normalized spacial score (nSPS) is 12.0. The number of hydrazone groups is 1. The van der Waals surface area contributed by atoms with Gasteiger partial charge in [-0.1, -0.05) is 6.07 Å². The molecule has 1 aromatic carbocycles. The lowest BCUT2D eigenvalue weighted by Gasteiger charge is -2.15. The molecule has 1 amide bonds. The Labute approximate surface area is 124 Å². The molecule has 0 heterocycles. The van der Waals surface area contributed by atoms with E-state index in [0.29, 0.717) is 13.1 Å². The van der Waals surface area contributed by atoms with Gasteiger partial charge in [-0.05, 0) is 32.0 Å². The molecule has 3 N–H and O–H groups in total. The number of hydrogen-bond donors (Lipinski definition) is 2. The first kappa shape index (κ1) is 17.0. The van der Waals surface area contributed by atoms with E-state index in [1.807, 2.05) is 13.8 Å². The number of carbonyl (C=O) groups is 1. The summed E-state index contributed by atoms with van der Waals surface area (Å²) in [7, 11) is -3.36. The van der Waals surface area contributed by atoms with Gasteiger partial charge in [-0.3, -0.25) is 15.1 Å². The van der Waals surface area contributed by atoms with Crippen LogP contribution in [-0.2, 0) is 9.84 Å². The van der Waals surface area contributed by atoms with Crippen LogP contribution in [0.25, 0.3) is 0 Å². The molecule has 0 aromatic heterocycles. The lowest BCUT2D eigenvalue weighted by atomic mass is 10.2. The molecule has 0 spiro atoms. The Bertz CT molecular complexity index is 637. The molecule has 0 saturated heterocycles. The quantitative estimate of drug-likeness (QED) is 0.465. The zero-order valence-electron chi connectivity index (χ0n) is 12.3. The molecule has 7 nitrogen and oxygen atoms in total. The minimum Gasteiger partial charge on any atom is -0.368 e. The van der Waals surface area contributed by atoms with Gasteiger partial charge in [0, 0.05) is 24.9 Å². The molecule has 0 fully saturated rings. The molecule has 0 radical (unpaired) electrons. The lowest BCUT2D eigenvalue weighted by molar-refractivity contribution is 0.0975. The van der Waals surface area contributed by atoms with Crippen LogP contribution in [-0.4, -0.2) is 44.6 Å². The highest BCUT2D eigenvalue weighted by Crippen LogP contribution is 2.11. The Morgan fingerprint density at radius 1 is 1.33 bits per heavy atom. The Kier molecular flexibility index (Phi) is 5.71. The predicted octanol–water partition coefficient (Wildman–Crippen LogP) is 0.391. The molecule has 8 heteroatoms. The van der Waals surface area contributed by atoms with Gasteiger partial charge in [0.05, 0.1) is 4.90 Å². The average Bonchev–Trinajstić information content (AvgIpc) is 2.43. The molecule has 0 bridgehead atoms. The minimum absolute atomic E-state index is 0.0338. The lowest BCUT2D eigenvalue weighted by Crippen LogP contribution is -2.39. The SMILES string of the molecule is CCN(CC)N=C(N)NC(=O)c1cccc(S(C)(=O)=O)c1. The third-order valence-electron chi connectivity index (χ3n) is 2.75. The summed E-state index contributed by atoms with van der Waals surface area (Å²) in [4.78, 5) is 12.1. The maximum absolute atomic E-state index is 12.0. The van der Waals surface area contributed by atoms with E-state index in [0.717, 1.165) is 6.26 Å². The Hall–Kier alpha value is -2.09. The summed E-state index contributed by atoms with van der Waals surface area (Å²) in [6.45, 7) is 5.16. The highest BCUT2D eigenvalue weighted by atomic mass is 32.2. The number of guanidine groups is 1. The monoisotopic (exact) mass is 312 g/mol. The first-order valence-electron chi connectivity index (χ1n) is 6.48. The number of rotatable bonds is 5. The summed E-state index contributed by atoms with van der Waals surface area (Å²) in [5.74, 6) is -0.539. The number of carbonyl (C=O) groups excluding carboxylic acids is 1. The van der Waals surface area contributed by atoms with Crippen molar-refractivity contribution in [2.24, 2.45) is 10.8 Å². The molecule has 1 aromatic rings. The van der Waals surface area contributed by atoms with Crippen molar-refractivity contribution in [2.75, 3.05) is 19.3 Å². The van der Waals surface area contributed by atoms with E-state index in [9.17, 15) is 13.2 Å². The fourth-order valence-corrected chi connectivity index (χ4v) is 2.27. The molecule has 0 atom stereocenters. The van der Waals surface area contributed by atoms with E-state index in [4.69, 9.17) is 5.73 Å². The van der Waals surface area contributed by atoms with Crippen molar-refractivity contribution in [1.29, 1.82) is 0 Å². The maximum Gasteiger partial charge on any atom is 0.258 e. The van der Waals surface area contributed by atoms with Crippen LogP contribution in [0.1, 0.15) is 24.2 Å². The van der Waals surface area contributed by atoms with Crippen LogP contribution in [0.4, 0.5) is 0 Å². The number of amides is 1. The van der Waals surface area contributed by atoms with E-state index in [-0.39, 0.29) is 16.4 Å². The van der Waals surface area contributed by atoms with E-state index in [2.05, 4.69) is 10.4 Å². The summed E-state index contributed by atoms with van der Waals surface area (Å²) in [6.07, 6.45) is 1.08. The van der Waals surface area contributed by atoms with Crippen molar-refractivity contribution >= 4 is 21.7 Å². The van der Waals surface area contributed by atoms with Gasteiger partial charge in [0.1, 0.15) is 0 Å². The Balaban J connectivity index is 2.90. The van der Waals surface area contributed by atoms with Gasteiger partial charge < -0.3 is 5.73 Å². The van der Waals surface area contributed by atoms with Gasteiger partial charge in [-0.15, -0.1) is 5.10 Å². The molecule has 1 rings (SSSR count). The van der Waals surface area contributed by atoms with Gasteiger partial charge in [0.15, 0.2) is 9.84 Å². The van der Waals surface area contributed by atoms with Crippen LogP contribution in [0.2, 0.25) is 0 Å². The Morgan fingerprint density at radius 3 is 2.48 bits per heavy atom. The number of nitrogens with zero attached hydrogens (tertiary/aromatic N) is 2. The molecule has 0 aliphatic carbocycles. The van der Waals surface area contributed by atoms with Crippen molar-refractivity contribution < 1.29 is 13.2 Å². The van der Waals surface area contributed by atoms with Crippen molar-refractivity contribution in [3.05, 3.63) is 29.8 Å². The highest BCUT2D eigenvalue weighted by Gasteiger charge is 2.12. The van der Waals surface area contributed by atoms with Gasteiger partial charge in [-0.25, -0.2) is 8.42 Å². The van der Waals surface area contributed by atoms with Gasteiger partial charge in [0.25, 0.3) is 5.91 Å². The minimum atomic E-state index is -3.36. The highest BCUT2D eigenvalue weighted by molar-refractivity contribution is 7.90. The van der Waals surface area contributed by atoms with E-state index in [1.165, 1.54) is 24.3 Å². The molecule has 0 unspecified atom stereocenters. The average molecular weight is 312 g/mol. The second-order valence-electron chi connectivity index (χ2n) is 4.38. The maximum atomic E-state index is 12.0. The van der Waals surface area contributed by atoms with Crippen molar-refractivity contribution in [1.82, 2.24) is 10.3 Å². The summed E-state index contributed by atoms with van der Waals surface area (Å²) in [5.41, 5.74) is 5.85. The van der Waals surface area contributed by atoms with E-state index >= 15 is 0 Å². The molecule has 116 valence electrons. The summed E-state index contributed by atoms with van der Waals surface area (Å²) >= 11 is 0. The molecular formula is C13H20N4O3S. The summed E-state index contributed by atoms with van der Waals surface area (Å²) < 4.78 is 22.9. The fraction of sp³-hybridized carbons (Fsp3) is 0.385. The number of hydrogen-bond acceptors (Lipinski definition) is 5. The Morgan fingerprint density at radius 2 is 1.95 bits per heavy atom. The van der Waals surface area contributed by atoms with Gasteiger partial charge >= 0.3 is 0 Å². The van der Waals surface area contributed by atoms with Gasteiger partial charge in [0.2, 0.25) is 5.96 Å². The molecule has 0 aliphatic rings.